The van der Waals surface area contributed by atoms with Gasteiger partial charge in [0.05, 0.1) is 16.7 Å². The van der Waals surface area contributed by atoms with Crippen molar-refractivity contribution in [3.63, 3.8) is 0 Å². The van der Waals surface area contributed by atoms with E-state index in [4.69, 9.17) is 16.0 Å². The van der Waals surface area contributed by atoms with Crippen LogP contribution in [0.3, 0.4) is 0 Å². The highest BCUT2D eigenvalue weighted by Crippen LogP contribution is 2.33. The second-order valence-corrected chi connectivity index (χ2v) is 5.04. The fourth-order valence-electron chi connectivity index (χ4n) is 2.30. The van der Waals surface area contributed by atoms with Crippen molar-refractivity contribution >= 4 is 22.5 Å². The number of aromatic nitrogens is 4. The first-order chi connectivity index (χ1) is 10.8. The van der Waals surface area contributed by atoms with Crippen molar-refractivity contribution in [2.45, 2.75) is 0 Å². The number of nitrogens with zero attached hydrogens (tertiary/aromatic N) is 4. The minimum atomic E-state index is 0.383. The maximum Gasteiger partial charge on any atom is 0.264 e. The average molecular weight is 309 g/mol. The molecule has 4 rings (SSSR count). The Hall–Kier alpha value is -2.79. The van der Waals surface area contributed by atoms with Crippen molar-refractivity contribution in [1.82, 2.24) is 19.9 Å². The molecule has 106 valence electrons. The molecule has 0 aliphatic carbocycles. The summed E-state index contributed by atoms with van der Waals surface area (Å²) >= 11 is 6.35. The van der Waals surface area contributed by atoms with Gasteiger partial charge in [0.15, 0.2) is 0 Å². The van der Waals surface area contributed by atoms with Crippen LogP contribution in [0.4, 0.5) is 0 Å². The summed E-state index contributed by atoms with van der Waals surface area (Å²) in [6.45, 7) is 0. The third kappa shape index (κ3) is 2.12. The van der Waals surface area contributed by atoms with Crippen LogP contribution in [0.25, 0.3) is 33.7 Å². The van der Waals surface area contributed by atoms with Gasteiger partial charge < -0.3 is 4.42 Å². The first kappa shape index (κ1) is 12.9. The summed E-state index contributed by atoms with van der Waals surface area (Å²) in [6, 6.07) is 7.67. The number of benzene rings is 1. The Morgan fingerprint density at radius 1 is 0.909 bits per heavy atom. The molecule has 0 radical (unpaired) electrons. The molecule has 0 spiro atoms. The molecule has 4 aromatic rings. The van der Waals surface area contributed by atoms with Gasteiger partial charge in [0.2, 0.25) is 5.82 Å². The van der Waals surface area contributed by atoms with Crippen molar-refractivity contribution < 1.29 is 4.42 Å². The lowest BCUT2D eigenvalue weighted by Crippen LogP contribution is -1.92. The average Bonchev–Trinajstić information content (AvgIpc) is 3.09. The van der Waals surface area contributed by atoms with Crippen LogP contribution in [-0.2, 0) is 0 Å². The number of rotatable bonds is 2. The lowest BCUT2D eigenvalue weighted by Gasteiger charge is -2.08. The van der Waals surface area contributed by atoms with Crippen LogP contribution in [-0.4, -0.2) is 19.9 Å². The van der Waals surface area contributed by atoms with Crippen LogP contribution in [0.2, 0.25) is 5.02 Å². The van der Waals surface area contributed by atoms with Crippen molar-refractivity contribution in [3.05, 3.63) is 60.3 Å². The SMILES string of the molecule is Clc1ccc2cccnc2c1-c1cnc(-c2ncco2)nc1. The molecule has 0 N–H and O–H groups in total. The van der Waals surface area contributed by atoms with Gasteiger partial charge >= 0.3 is 0 Å². The molecule has 22 heavy (non-hydrogen) atoms. The molecule has 0 saturated heterocycles. The summed E-state index contributed by atoms with van der Waals surface area (Å²) in [5.74, 6) is 0.812. The first-order valence-corrected chi connectivity index (χ1v) is 6.96. The predicted molar refractivity (Wildman–Crippen MR) is 83.3 cm³/mol. The fourth-order valence-corrected chi connectivity index (χ4v) is 2.56. The third-order valence-electron chi connectivity index (χ3n) is 3.29. The van der Waals surface area contributed by atoms with Gasteiger partial charge in [-0.1, -0.05) is 23.7 Å². The zero-order valence-electron chi connectivity index (χ0n) is 11.3. The molecule has 0 aliphatic rings. The Morgan fingerprint density at radius 3 is 2.55 bits per heavy atom. The van der Waals surface area contributed by atoms with Crippen molar-refractivity contribution in [2.75, 3.05) is 0 Å². The molecular formula is C16H9ClN4O. The number of hydrogen-bond acceptors (Lipinski definition) is 5. The number of halogens is 1. The predicted octanol–water partition coefficient (Wildman–Crippen LogP) is 4.00. The molecule has 6 heteroatoms. The quantitative estimate of drug-likeness (QED) is 0.560. The molecule has 5 nitrogen and oxygen atoms in total. The monoisotopic (exact) mass is 308 g/mol. The summed E-state index contributed by atoms with van der Waals surface area (Å²) in [5.41, 5.74) is 2.44. The Labute approximate surface area is 130 Å². The van der Waals surface area contributed by atoms with E-state index in [1.165, 1.54) is 6.26 Å². The summed E-state index contributed by atoms with van der Waals surface area (Å²) in [7, 11) is 0. The van der Waals surface area contributed by atoms with Crippen LogP contribution >= 0.6 is 11.6 Å². The van der Waals surface area contributed by atoms with Crippen LogP contribution in [0.1, 0.15) is 0 Å². The topological polar surface area (TPSA) is 64.7 Å². The highest BCUT2D eigenvalue weighted by molar-refractivity contribution is 6.34. The van der Waals surface area contributed by atoms with E-state index in [9.17, 15) is 0 Å². The zero-order chi connectivity index (χ0) is 14.9. The molecule has 1 aromatic carbocycles. The normalized spacial score (nSPS) is 11.0. The van der Waals surface area contributed by atoms with Gasteiger partial charge in [0.1, 0.15) is 6.26 Å². The van der Waals surface area contributed by atoms with Gasteiger partial charge in [-0.2, -0.15) is 0 Å². The molecule has 0 aliphatic heterocycles. The second-order valence-electron chi connectivity index (χ2n) is 4.63. The molecule has 0 atom stereocenters. The minimum Gasteiger partial charge on any atom is -0.442 e. The van der Waals surface area contributed by atoms with Crippen LogP contribution in [0.15, 0.2) is 59.7 Å². The first-order valence-electron chi connectivity index (χ1n) is 6.58. The van der Waals surface area contributed by atoms with Crippen LogP contribution in [0.5, 0.6) is 0 Å². The van der Waals surface area contributed by atoms with E-state index in [0.717, 1.165) is 22.0 Å². The minimum absolute atomic E-state index is 0.383. The van der Waals surface area contributed by atoms with Crippen molar-refractivity contribution in [1.29, 1.82) is 0 Å². The lowest BCUT2D eigenvalue weighted by atomic mass is 10.0. The van der Waals surface area contributed by atoms with Gasteiger partial charge in [0.25, 0.3) is 5.89 Å². The summed E-state index contributed by atoms with van der Waals surface area (Å²) in [6.07, 6.45) is 8.17. The van der Waals surface area contributed by atoms with Gasteiger partial charge in [-0.3, -0.25) is 4.98 Å². The molecule has 0 amide bonds. The second kappa shape index (κ2) is 5.20. The smallest absolute Gasteiger partial charge is 0.264 e. The highest BCUT2D eigenvalue weighted by Gasteiger charge is 2.12. The van der Waals surface area contributed by atoms with Crippen molar-refractivity contribution in [3.8, 4) is 22.8 Å². The number of pyridine rings is 1. The fraction of sp³-hybridized carbons (Fsp3) is 0. The molecule has 0 fully saturated rings. The van der Waals surface area contributed by atoms with E-state index in [0.29, 0.717) is 16.7 Å². The summed E-state index contributed by atoms with van der Waals surface area (Å²) in [5, 5.41) is 1.62. The van der Waals surface area contributed by atoms with E-state index < -0.39 is 0 Å². The molecule has 3 heterocycles. The van der Waals surface area contributed by atoms with E-state index in [1.807, 2.05) is 24.3 Å². The molecule has 0 saturated carbocycles. The third-order valence-corrected chi connectivity index (χ3v) is 3.60. The Bertz CT molecular complexity index is 936. The molecule has 3 aromatic heterocycles. The maximum absolute atomic E-state index is 6.35. The number of fused-ring (bicyclic) bond motifs is 1. The van der Waals surface area contributed by atoms with Crippen LogP contribution < -0.4 is 0 Å². The standard InChI is InChI=1S/C16H9ClN4O/c17-12-4-3-10-2-1-5-18-14(10)13(12)11-8-20-15(21-9-11)16-19-6-7-22-16/h1-9H. The highest BCUT2D eigenvalue weighted by atomic mass is 35.5. The number of oxazole rings is 1. The van der Waals surface area contributed by atoms with E-state index >= 15 is 0 Å². The molecular weight excluding hydrogens is 300 g/mol. The lowest BCUT2D eigenvalue weighted by molar-refractivity contribution is 0.569. The van der Waals surface area contributed by atoms with Gasteiger partial charge in [-0.15, -0.1) is 0 Å². The van der Waals surface area contributed by atoms with Gasteiger partial charge in [-0.25, -0.2) is 15.0 Å². The number of hydrogen-bond donors (Lipinski definition) is 0. The van der Waals surface area contributed by atoms with E-state index in [2.05, 4.69) is 19.9 Å². The Kier molecular flexibility index (Phi) is 3.05. The molecule has 0 bridgehead atoms. The van der Waals surface area contributed by atoms with E-state index in [-0.39, 0.29) is 0 Å². The zero-order valence-corrected chi connectivity index (χ0v) is 12.0. The summed E-state index contributed by atoms with van der Waals surface area (Å²) in [4.78, 5) is 17.0. The van der Waals surface area contributed by atoms with Crippen LogP contribution in [0, 0.1) is 0 Å². The summed E-state index contributed by atoms with van der Waals surface area (Å²) < 4.78 is 5.18. The largest absolute Gasteiger partial charge is 0.442 e. The van der Waals surface area contributed by atoms with E-state index in [1.54, 1.807) is 24.8 Å². The Balaban J connectivity index is 1.87. The van der Waals surface area contributed by atoms with Crippen molar-refractivity contribution in [2.24, 2.45) is 0 Å². The van der Waals surface area contributed by atoms with Gasteiger partial charge in [0, 0.05) is 35.1 Å². The maximum atomic E-state index is 6.35. The van der Waals surface area contributed by atoms with Gasteiger partial charge in [-0.05, 0) is 12.1 Å². The Morgan fingerprint density at radius 2 is 1.77 bits per heavy atom. The molecule has 0 unspecified atom stereocenters.